The first-order valence-electron chi connectivity index (χ1n) is 8.55. The fraction of sp³-hybridized carbons (Fsp3) is 0.625. The molecule has 8 heteroatoms. The first kappa shape index (κ1) is 16.6. The van der Waals surface area contributed by atoms with Gasteiger partial charge in [0, 0.05) is 51.5 Å². The fourth-order valence-electron chi connectivity index (χ4n) is 3.09. The molecule has 1 aromatic rings. The number of piperazine rings is 1. The van der Waals surface area contributed by atoms with Crippen LogP contribution in [0.2, 0.25) is 0 Å². The van der Waals surface area contributed by atoms with Gasteiger partial charge in [0.1, 0.15) is 0 Å². The van der Waals surface area contributed by atoms with E-state index in [1.807, 2.05) is 4.90 Å². The molecular weight excluding hydrogens is 308 g/mol. The van der Waals surface area contributed by atoms with Gasteiger partial charge in [0.2, 0.25) is 17.8 Å². The summed E-state index contributed by atoms with van der Waals surface area (Å²) in [5, 5.41) is 6.00. The van der Waals surface area contributed by atoms with Crippen molar-refractivity contribution in [3.05, 3.63) is 18.5 Å². The van der Waals surface area contributed by atoms with Gasteiger partial charge in [-0.15, -0.1) is 0 Å². The molecule has 3 rings (SSSR count). The van der Waals surface area contributed by atoms with Gasteiger partial charge in [0.25, 0.3) is 0 Å². The van der Waals surface area contributed by atoms with Crippen LogP contribution < -0.4 is 15.5 Å². The van der Waals surface area contributed by atoms with E-state index in [1.54, 1.807) is 18.5 Å². The van der Waals surface area contributed by atoms with E-state index >= 15 is 0 Å². The molecule has 2 aliphatic rings. The number of nitrogens with zero attached hydrogens (tertiary/aromatic N) is 4. The molecule has 2 saturated heterocycles. The molecule has 2 aliphatic heterocycles. The van der Waals surface area contributed by atoms with E-state index in [1.165, 1.54) is 0 Å². The van der Waals surface area contributed by atoms with Crippen LogP contribution >= 0.6 is 0 Å². The van der Waals surface area contributed by atoms with Crippen LogP contribution in [0.5, 0.6) is 0 Å². The van der Waals surface area contributed by atoms with Crippen molar-refractivity contribution in [1.29, 1.82) is 0 Å². The molecule has 1 aromatic heterocycles. The molecule has 0 aliphatic carbocycles. The molecule has 2 amide bonds. The fourth-order valence-corrected chi connectivity index (χ4v) is 3.09. The smallest absolute Gasteiger partial charge is 0.237 e. The summed E-state index contributed by atoms with van der Waals surface area (Å²) >= 11 is 0. The van der Waals surface area contributed by atoms with Crippen LogP contribution in [0.25, 0.3) is 0 Å². The number of hydrogen-bond acceptors (Lipinski definition) is 6. The predicted molar refractivity (Wildman–Crippen MR) is 89.5 cm³/mol. The van der Waals surface area contributed by atoms with E-state index < -0.39 is 0 Å². The quantitative estimate of drug-likeness (QED) is 0.747. The third kappa shape index (κ3) is 4.19. The van der Waals surface area contributed by atoms with E-state index in [2.05, 4.69) is 25.5 Å². The van der Waals surface area contributed by atoms with Crippen LogP contribution in [0.4, 0.5) is 5.95 Å². The molecule has 2 N–H and O–H groups in total. The first-order chi connectivity index (χ1) is 11.7. The van der Waals surface area contributed by atoms with E-state index in [0.29, 0.717) is 32.0 Å². The van der Waals surface area contributed by atoms with Gasteiger partial charge in [-0.25, -0.2) is 9.97 Å². The van der Waals surface area contributed by atoms with Crippen LogP contribution in [0, 0.1) is 0 Å². The highest BCUT2D eigenvalue weighted by Crippen LogP contribution is 2.10. The second kappa shape index (κ2) is 8.05. The summed E-state index contributed by atoms with van der Waals surface area (Å²) in [5.74, 6) is 0.801. The van der Waals surface area contributed by atoms with E-state index in [4.69, 9.17) is 0 Å². The zero-order valence-electron chi connectivity index (χ0n) is 13.8. The second-order valence-electron chi connectivity index (χ2n) is 6.11. The van der Waals surface area contributed by atoms with Gasteiger partial charge in [0.05, 0.1) is 6.04 Å². The second-order valence-corrected chi connectivity index (χ2v) is 6.11. The van der Waals surface area contributed by atoms with Crippen molar-refractivity contribution in [3.8, 4) is 0 Å². The minimum absolute atomic E-state index is 0.00588. The maximum atomic E-state index is 12.3. The third-order valence-electron chi connectivity index (χ3n) is 4.48. The van der Waals surface area contributed by atoms with Gasteiger partial charge in [0.15, 0.2) is 0 Å². The molecule has 24 heavy (non-hydrogen) atoms. The van der Waals surface area contributed by atoms with Crippen molar-refractivity contribution in [2.24, 2.45) is 0 Å². The van der Waals surface area contributed by atoms with Crippen molar-refractivity contribution in [2.75, 3.05) is 44.2 Å². The highest BCUT2D eigenvalue weighted by Gasteiger charge is 2.24. The Morgan fingerprint density at radius 2 is 1.96 bits per heavy atom. The normalized spacial score (nSPS) is 20.9. The van der Waals surface area contributed by atoms with Crippen molar-refractivity contribution >= 4 is 17.8 Å². The summed E-state index contributed by atoms with van der Waals surface area (Å²) < 4.78 is 0. The Kier molecular flexibility index (Phi) is 5.58. The number of carbonyl (C=O) groups is 2. The molecule has 0 saturated carbocycles. The lowest BCUT2D eigenvalue weighted by Gasteiger charge is -2.34. The summed E-state index contributed by atoms with van der Waals surface area (Å²) in [7, 11) is 0. The standard InChI is InChI=1S/C16H24N6O2/c23-14(4-8-18-15(24)13-3-1-5-17-13)21-9-11-22(12-10-21)16-19-6-2-7-20-16/h2,6-7,13,17H,1,3-5,8-12H2,(H,18,24)/t13-/m0/s1. The van der Waals surface area contributed by atoms with Crippen LogP contribution in [0.15, 0.2) is 18.5 Å². The molecular formula is C16H24N6O2. The Balaban J connectivity index is 1.37. The highest BCUT2D eigenvalue weighted by atomic mass is 16.2. The Bertz CT molecular complexity index is 553. The summed E-state index contributed by atoms with van der Waals surface area (Å²) in [6, 6.07) is 1.70. The van der Waals surface area contributed by atoms with Gasteiger partial charge in [-0.2, -0.15) is 0 Å². The maximum absolute atomic E-state index is 12.3. The SMILES string of the molecule is O=C(NCCC(=O)N1CCN(c2ncccn2)CC1)[C@@H]1CCCN1. The Hall–Kier alpha value is -2.22. The van der Waals surface area contributed by atoms with Crippen molar-refractivity contribution < 1.29 is 9.59 Å². The summed E-state index contributed by atoms with van der Waals surface area (Å²) in [4.78, 5) is 36.5. The van der Waals surface area contributed by atoms with Gasteiger partial charge in [-0.3, -0.25) is 9.59 Å². The molecule has 3 heterocycles. The Morgan fingerprint density at radius 3 is 2.62 bits per heavy atom. The van der Waals surface area contributed by atoms with Crippen molar-refractivity contribution in [3.63, 3.8) is 0 Å². The monoisotopic (exact) mass is 332 g/mol. The largest absolute Gasteiger partial charge is 0.354 e. The number of nitrogens with one attached hydrogen (secondary N) is 2. The van der Waals surface area contributed by atoms with Gasteiger partial charge < -0.3 is 20.4 Å². The number of amides is 2. The zero-order chi connectivity index (χ0) is 16.8. The van der Waals surface area contributed by atoms with Gasteiger partial charge >= 0.3 is 0 Å². The Labute approximate surface area is 141 Å². The topological polar surface area (TPSA) is 90.5 Å². The Morgan fingerprint density at radius 1 is 1.21 bits per heavy atom. The average Bonchev–Trinajstić information content (AvgIpc) is 3.17. The van der Waals surface area contributed by atoms with E-state index in [0.717, 1.165) is 32.5 Å². The summed E-state index contributed by atoms with van der Waals surface area (Å²) in [6.45, 7) is 4.08. The minimum Gasteiger partial charge on any atom is -0.354 e. The zero-order valence-corrected chi connectivity index (χ0v) is 13.8. The average molecular weight is 332 g/mol. The van der Waals surface area contributed by atoms with E-state index in [-0.39, 0.29) is 17.9 Å². The number of aromatic nitrogens is 2. The lowest BCUT2D eigenvalue weighted by molar-refractivity contribution is -0.131. The molecule has 0 radical (unpaired) electrons. The molecule has 0 spiro atoms. The van der Waals surface area contributed by atoms with E-state index in [9.17, 15) is 9.59 Å². The van der Waals surface area contributed by atoms with Crippen molar-refractivity contribution in [1.82, 2.24) is 25.5 Å². The number of hydrogen-bond donors (Lipinski definition) is 2. The number of anilines is 1. The molecule has 130 valence electrons. The summed E-state index contributed by atoms with van der Waals surface area (Å²) in [5.41, 5.74) is 0. The third-order valence-corrected chi connectivity index (χ3v) is 4.48. The summed E-state index contributed by atoms with van der Waals surface area (Å²) in [6.07, 6.45) is 5.71. The molecule has 0 aromatic carbocycles. The van der Waals surface area contributed by atoms with Gasteiger partial charge in [-0.1, -0.05) is 0 Å². The first-order valence-corrected chi connectivity index (χ1v) is 8.55. The lowest BCUT2D eigenvalue weighted by atomic mass is 10.2. The van der Waals surface area contributed by atoms with Crippen LogP contribution in [0.3, 0.4) is 0 Å². The van der Waals surface area contributed by atoms with Crippen LogP contribution in [-0.4, -0.2) is 72.0 Å². The van der Waals surface area contributed by atoms with Crippen LogP contribution in [0.1, 0.15) is 19.3 Å². The predicted octanol–water partition coefficient (Wildman–Crippen LogP) is -0.616. The number of carbonyl (C=O) groups excluding carboxylic acids is 2. The number of rotatable bonds is 5. The molecule has 1 atom stereocenters. The van der Waals surface area contributed by atoms with Gasteiger partial charge in [-0.05, 0) is 25.5 Å². The van der Waals surface area contributed by atoms with Crippen LogP contribution in [-0.2, 0) is 9.59 Å². The minimum atomic E-state index is -0.0884. The highest BCUT2D eigenvalue weighted by molar-refractivity contribution is 5.83. The maximum Gasteiger partial charge on any atom is 0.237 e. The molecule has 0 unspecified atom stereocenters. The molecule has 8 nitrogen and oxygen atoms in total. The lowest BCUT2D eigenvalue weighted by Crippen LogP contribution is -2.50. The molecule has 0 bridgehead atoms. The van der Waals surface area contributed by atoms with Crippen molar-refractivity contribution in [2.45, 2.75) is 25.3 Å². The molecule has 2 fully saturated rings.